The van der Waals surface area contributed by atoms with Gasteiger partial charge in [0.25, 0.3) is 0 Å². The summed E-state index contributed by atoms with van der Waals surface area (Å²) in [7, 11) is 0. The van der Waals surface area contributed by atoms with Crippen LogP contribution in [0.4, 0.5) is 4.39 Å². The molecule has 0 aliphatic rings. The van der Waals surface area contributed by atoms with E-state index >= 15 is 0 Å². The zero-order valence-corrected chi connectivity index (χ0v) is 11.4. The van der Waals surface area contributed by atoms with Crippen LogP contribution in [0.2, 0.25) is 0 Å². The maximum absolute atomic E-state index is 12.8. The number of hydrogen-bond donors (Lipinski definition) is 0. The van der Waals surface area contributed by atoms with Gasteiger partial charge in [0.15, 0.2) is 0 Å². The van der Waals surface area contributed by atoms with Gasteiger partial charge in [0.05, 0.1) is 5.56 Å². The van der Waals surface area contributed by atoms with Crippen LogP contribution in [0.15, 0.2) is 61.2 Å². The van der Waals surface area contributed by atoms with Gasteiger partial charge in [-0.3, -0.25) is 0 Å². The lowest BCUT2D eigenvalue weighted by atomic mass is 10.2. The molecule has 2 rings (SSSR count). The molecule has 0 aliphatic carbocycles. The minimum Gasteiger partial charge on any atom is -0.489 e. The van der Waals surface area contributed by atoms with Gasteiger partial charge in [-0.15, -0.1) is 0 Å². The fraction of sp³-hybridized carbons (Fsp3) is 0.118. The predicted octanol–water partition coefficient (Wildman–Crippen LogP) is 3.75. The van der Waals surface area contributed by atoms with Crippen molar-refractivity contribution in [3.63, 3.8) is 0 Å². The predicted molar refractivity (Wildman–Crippen MR) is 77.7 cm³/mol. The Balaban J connectivity index is 1.91. The Morgan fingerprint density at radius 2 is 1.76 bits per heavy atom. The first-order chi connectivity index (χ1) is 10.2. The molecule has 0 heterocycles. The Kier molecular flexibility index (Phi) is 5.10. The van der Waals surface area contributed by atoms with Gasteiger partial charge in [0.2, 0.25) is 0 Å². The number of rotatable bonds is 6. The number of benzene rings is 2. The first kappa shape index (κ1) is 14.8. The summed E-state index contributed by atoms with van der Waals surface area (Å²) >= 11 is 0. The Morgan fingerprint density at radius 3 is 2.38 bits per heavy atom. The van der Waals surface area contributed by atoms with Crippen LogP contribution in [0.3, 0.4) is 0 Å². The van der Waals surface area contributed by atoms with Gasteiger partial charge in [-0.25, -0.2) is 9.18 Å². The minimum absolute atomic E-state index is 0.182. The second-order valence-corrected chi connectivity index (χ2v) is 4.33. The van der Waals surface area contributed by atoms with E-state index in [9.17, 15) is 9.18 Å². The monoisotopic (exact) mass is 286 g/mol. The Morgan fingerprint density at radius 1 is 1.10 bits per heavy atom. The summed E-state index contributed by atoms with van der Waals surface area (Å²) in [5.74, 6) is -0.0549. The smallest absolute Gasteiger partial charge is 0.338 e. The van der Waals surface area contributed by atoms with Crippen LogP contribution >= 0.6 is 0 Å². The maximum atomic E-state index is 12.8. The Hall–Kier alpha value is -2.62. The van der Waals surface area contributed by atoms with Gasteiger partial charge in [0, 0.05) is 0 Å². The molecule has 0 fully saturated rings. The molecule has 108 valence electrons. The summed E-state index contributed by atoms with van der Waals surface area (Å²) in [6.45, 7) is 3.99. The molecule has 2 aromatic rings. The lowest BCUT2D eigenvalue weighted by Gasteiger charge is -2.07. The minimum atomic E-state index is -0.403. The van der Waals surface area contributed by atoms with Crippen molar-refractivity contribution in [2.75, 3.05) is 6.61 Å². The lowest BCUT2D eigenvalue weighted by Crippen LogP contribution is -2.04. The first-order valence-corrected chi connectivity index (χ1v) is 6.44. The van der Waals surface area contributed by atoms with Crippen molar-refractivity contribution in [1.82, 2.24) is 0 Å². The molecule has 0 saturated heterocycles. The normalized spacial score (nSPS) is 9.95. The van der Waals surface area contributed by atoms with Crippen LogP contribution in [0.25, 0.3) is 0 Å². The van der Waals surface area contributed by atoms with E-state index < -0.39 is 5.97 Å². The molecule has 0 amide bonds. The highest BCUT2D eigenvalue weighted by atomic mass is 19.1. The maximum Gasteiger partial charge on any atom is 0.338 e. The molecular formula is C17H15FO3. The fourth-order valence-corrected chi connectivity index (χ4v) is 1.65. The van der Waals surface area contributed by atoms with Crippen molar-refractivity contribution in [3.05, 3.63) is 78.1 Å². The van der Waals surface area contributed by atoms with E-state index in [0.29, 0.717) is 17.9 Å². The second-order valence-electron chi connectivity index (χ2n) is 4.33. The highest BCUT2D eigenvalue weighted by molar-refractivity contribution is 5.89. The van der Waals surface area contributed by atoms with Crippen molar-refractivity contribution in [3.8, 4) is 5.75 Å². The van der Waals surface area contributed by atoms with E-state index in [2.05, 4.69) is 6.58 Å². The third kappa shape index (κ3) is 4.45. The number of hydrogen-bond acceptors (Lipinski definition) is 3. The summed E-state index contributed by atoms with van der Waals surface area (Å²) in [6, 6.07) is 12.7. The van der Waals surface area contributed by atoms with E-state index in [1.807, 2.05) is 0 Å². The van der Waals surface area contributed by atoms with Gasteiger partial charge in [-0.1, -0.05) is 24.8 Å². The van der Waals surface area contributed by atoms with Crippen molar-refractivity contribution in [2.24, 2.45) is 0 Å². The molecule has 3 nitrogen and oxygen atoms in total. The number of ether oxygens (including phenoxy) is 2. The zero-order valence-electron chi connectivity index (χ0n) is 11.4. The average Bonchev–Trinajstić information content (AvgIpc) is 2.52. The van der Waals surface area contributed by atoms with E-state index in [0.717, 1.165) is 5.56 Å². The molecule has 0 unspecified atom stereocenters. The average molecular weight is 286 g/mol. The van der Waals surface area contributed by atoms with Crippen LogP contribution in [0.5, 0.6) is 5.75 Å². The first-order valence-electron chi connectivity index (χ1n) is 6.44. The van der Waals surface area contributed by atoms with Crippen LogP contribution < -0.4 is 4.74 Å². The number of carbonyl (C=O) groups is 1. The zero-order chi connectivity index (χ0) is 15.1. The molecule has 0 saturated carbocycles. The number of halogens is 1. The quantitative estimate of drug-likeness (QED) is 0.599. The largest absolute Gasteiger partial charge is 0.489 e. The molecular weight excluding hydrogens is 271 g/mol. The van der Waals surface area contributed by atoms with E-state index in [4.69, 9.17) is 9.47 Å². The van der Waals surface area contributed by atoms with E-state index in [1.54, 1.807) is 36.4 Å². The second kappa shape index (κ2) is 7.24. The van der Waals surface area contributed by atoms with E-state index in [-0.39, 0.29) is 12.4 Å². The molecule has 0 N–H and O–H groups in total. The highest BCUT2D eigenvalue weighted by Crippen LogP contribution is 2.15. The summed E-state index contributed by atoms with van der Waals surface area (Å²) < 4.78 is 23.2. The summed E-state index contributed by atoms with van der Waals surface area (Å²) in [4.78, 5) is 11.6. The molecule has 0 atom stereocenters. The fourth-order valence-electron chi connectivity index (χ4n) is 1.65. The number of carbonyl (C=O) groups excluding carboxylic acids is 1. The molecule has 21 heavy (non-hydrogen) atoms. The van der Waals surface area contributed by atoms with Crippen LogP contribution in [-0.2, 0) is 11.3 Å². The molecule has 4 heteroatoms. The van der Waals surface area contributed by atoms with Gasteiger partial charge in [0.1, 0.15) is 24.8 Å². The Labute approximate surface area is 122 Å². The molecule has 2 aromatic carbocycles. The molecule has 0 aliphatic heterocycles. The van der Waals surface area contributed by atoms with Gasteiger partial charge >= 0.3 is 5.97 Å². The lowest BCUT2D eigenvalue weighted by molar-refractivity contribution is 0.0549. The van der Waals surface area contributed by atoms with Crippen molar-refractivity contribution in [2.45, 2.75) is 6.61 Å². The third-order valence-corrected chi connectivity index (χ3v) is 2.74. The summed E-state index contributed by atoms with van der Waals surface area (Å²) in [5.41, 5.74) is 1.32. The van der Waals surface area contributed by atoms with Crippen LogP contribution in [-0.4, -0.2) is 12.6 Å². The third-order valence-electron chi connectivity index (χ3n) is 2.74. The van der Waals surface area contributed by atoms with Crippen molar-refractivity contribution < 1.29 is 18.7 Å². The van der Waals surface area contributed by atoms with E-state index in [1.165, 1.54) is 18.2 Å². The summed E-state index contributed by atoms with van der Waals surface area (Å²) in [5, 5.41) is 0. The summed E-state index contributed by atoms with van der Waals surface area (Å²) in [6.07, 6.45) is 1.51. The van der Waals surface area contributed by atoms with Gasteiger partial charge in [-0.05, 0) is 42.0 Å². The van der Waals surface area contributed by atoms with Crippen molar-refractivity contribution in [1.29, 1.82) is 0 Å². The van der Waals surface area contributed by atoms with Crippen LogP contribution in [0, 0.1) is 5.82 Å². The van der Waals surface area contributed by atoms with Gasteiger partial charge in [-0.2, -0.15) is 0 Å². The standard InChI is InChI=1S/C17H15FO3/c1-2-11-20-17(19)14-5-9-16(10-6-14)21-12-13-3-7-15(18)8-4-13/h2-10H,1,11-12H2. The van der Waals surface area contributed by atoms with Crippen molar-refractivity contribution >= 4 is 5.97 Å². The highest BCUT2D eigenvalue weighted by Gasteiger charge is 2.06. The van der Waals surface area contributed by atoms with Gasteiger partial charge < -0.3 is 9.47 Å². The SMILES string of the molecule is C=CCOC(=O)c1ccc(OCc2ccc(F)cc2)cc1. The molecule has 0 radical (unpaired) electrons. The Bertz CT molecular complexity index is 603. The number of esters is 1. The molecule has 0 spiro atoms. The molecule has 0 aromatic heterocycles. The van der Waals surface area contributed by atoms with Crippen LogP contribution in [0.1, 0.15) is 15.9 Å². The molecule has 0 bridgehead atoms. The topological polar surface area (TPSA) is 35.5 Å².